The minimum absolute atomic E-state index is 0.444. The van der Waals surface area contributed by atoms with Crippen molar-refractivity contribution in [3.63, 3.8) is 0 Å². The van der Waals surface area contributed by atoms with Crippen LogP contribution in [0.2, 0.25) is 0 Å². The highest BCUT2D eigenvalue weighted by molar-refractivity contribution is 7.09. The predicted molar refractivity (Wildman–Crippen MR) is 97.1 cm³/mol. The lowest BCUT2D eigenvalue weighted by Crippen LogP contribution is -2.10. The minimum Gasteiger partial charge on any atom is -0.366 e. The van der Waals surface area contributed by atoms with Gasteiger partial charge < -0.3 is 11.1 Å². The Morgan fingerprint density at radius 3 is 2.75 bits per heavy atom. The van der Waals surface area contributed by atoms with Crippen LogP contribution in [0.25, 0.3) is 10.6 Å². The van der Waals surface area contributed by atoms with Crippen LogP contribution >= 0.6 is 11.5 Å². The van der Waals surface area contributed by atoms with Crippen molar-refractivity contribution in [2.75, 3.05) is 11.9 Å². The topological polar surface area (TPSA) is 80.9 Å². The number of nitrogens with one attached hydrogen (secondary N) is 1. The quantitative estimate of drug-likeness (QED) is 0.647. The Morgan fingerprint density at radius 2 is 1.96 bits per heavy atom. The van der Waals surface area contributed by atoms with E-state index in [0.717, 1.165) is 30.0 Å². The number of anilines is 1. The van der Waals surface area contributed by atoms with Gasteiger partial charge in [-0.25, -0.2) is 0 Å². The summed E-state index contributed by atoms with van der Waals surface area (Å²) in [6.07, 6.45) is 2.03. The second-order valence-electron chi connectivity index (χ2n) is 5.38. The van der Waals surface area contributed by atoms with Crippen molar-refractivity contribution in [3.8, 4) is 10.6 Å². The van der Waals surface area contributed by atoms with Crippen molar-refractivity contribution in [1.29, 1.82) is 0 Å². The number of carbonyl (C=O) groups excluding carboxylic acids is 1. The van der Waals surface area contributed by atoms with Gasteiger partial charge in [-0.05, 0) is 42.1 Å². The first-order chi connectivity index (χ1) is 11.7. The summed E-state index contributed by atoms with van der Waals surface area (Å²) in [6, 6.07) is 17.5. The molecule has 5 nitrogen and oxygen atoms in total. The van der Waals surface area contributed by atoms with Gasteiger partial charge in [-0.2, -0.15) is 9.36 Å². The lowest BCUT2D eigenvalue weighted by Gasteiger charge is -2.02. The summed E-state index contributed by atoms with van der Waals surface area (Å²) in [6.45, 7) is 0.812. The van der Waals surface area contributed by atoms with E-state index in [1.54, 1.807) is 18.2 Å². The number of primary amides is 1. The maximum Gasteiger partial charge on any atom is 0.248 e. The summed E-state index contributed by atoms with van der Waals surface area (Å²) in [5, 5.41) is 4.01. The molecule has 0 atom stereocenters. The number of rotatable bonds is 7. The van der Waals surface area contributed by atoms with Crippen molar-refractivity contribution in [2.24, 2.45) is 5.73 Å². The molecule has 1 heterocycles. The van der Waals surface area contributed by atoms with E-state index in [-0.39, 0.29) is 0 Å². The Hall–Kier alpha value is -2.73. The van der Waals surface area contributed by atoms with E-state index in [1.165, 1.54) is 17.1 Å². The first kappa shape index (κ1) is 16.1. The number of aryl methyl sites for hydroxylation is 1. The van der Waals surface area contributed by atoms with Gasteiger partial charge in [0.1, 0.15) is 5.01 Å². The third-order valence-electron chi connectivity index (χ3n) is 3.59. The molecule has 3 N–H and O–H groups in total. The largest absolute Gasteiger partial charge is 0.366 e. The highest BCUT2D eigenvalue weighted by Crippen LogP contribution is 2.23. The molecule has 3 aromatic rings. The van der Waals surface area contributed by atoms with Crippen molar-refractivity contribution >= 4 is 23.4 Å². The molecule has 122 valence electrons. The Morgan fingerprint density at radius 1 is 1.12 bits per heavy atom. The second-order valence-corrected chi connectivity index (χ2v) is 6.14. The van der Waals surface area contributed by atoms with Gasteiger partial charge in [0, 0.05) is 17.7 Å². The number of carbonyl (C=O) groups is 1. The Balaban J connectivity index is 1.56. The Bertz CT molecular complexity index is 817. The van der Waals surface area contributed by atoms with Crippen LogP contribution in [0.5, 0.6) is 0 Å². The normalized spacial score (nSPS) is 10.5. The molecule has 2 aromatic carbocycles. The zero-order chi connectivity index (χ0) is 16.8. The van der Waals surface area contributed by atoms with Gasteiger partial charge in [0.15, 0.2) is 0 Å². The summed E-state index contributed by atoms with van der Waals surface area (Å²) in [5.74, 6) is 0.174. The highest BCUT2D eigenvalue weighted by Gasteiger charge is 2.08. The molecule has 3 rings (SSSR count). The standard InChI is InChI=1S/C18H18N4OS/c19-16(23)14-9-4-10-15(12-14)17-21-18(22-24-17)20-11-5-8-13-6-2-1-3-7-13/h1-4,6-7,9-10,12H,5,8,11H2,(H2,19,23)(H,20,22). The zero-order valence-corrected chi connectivity index (χ0v) is 13.9. The summed E-state index contributed by atoms with van der Waals surface area (Å²) >= 11 is 1.30. The van der Waals surface area contributed by atoms with Crippen molar-refractivity contribution in [3.05, 3.63) is 65.7 Å². The summed E-state index contributed by atoms with van der Waals surface area (Å²) < 4.78 is 4.31. The van der Waals surface area contributed by atoms with E-state index in [4.69, 9.17) is 5.73 Å². The third kappa shape index (κ3) is 4.17. The number of hydrogen-bond donors (Lipinski definition) is 2. The lowest BCUT2D eigenvalue weighted by molar-refractivity contribution is 0.100. The number of nitrogens with two attached hydrogens (primary N) is 1. The van der Waals surface area contributed by atoms with Gasteiger partial charge >= 0.3 is 0 Å². The van der Waals surface area contributed by atoms with Gasteiger partial charge in [0.2, 0.25) is 11.9 Å². The number of amides is 1. The summed E-state index contributed by atoms with van der Waals surface area (Å²) in [5.41, 5.74) is 7.96. The number of hydrogen-bond acceptors (Lipinski definition) is 5. The molecule has 0 aliphatic rings. The molecule has 0 fully saturated rings. The molecule has 0 aliphatic carbocycles. The fraction of sp³-hybridized carbons (Fsp3) is 0.167. The molecule has 0 aliphatic heterocycles. The van der Waals surface area contributed by atoms with E-state index in [9.17, 15) is 4.79 Å². The molecular formula is C18H18N4OS. The summed E-state index contributed by atoms with van der Waals surface area (Å²) in [4.78, 5) is 15.7. The van der Waals surface area contributed by atoms with E-state index in [0.29, 0.717) is 11.5 Å². The van der Waals surface area contributed by atoms with E-state index < -0.39 is 5.91 Å². The smallest absolute Gasteiger partial charge is 0.248 e. The maximum atomic E-state index is 11.3. The molecule has 1 aromatic heterocycles. The molecule has 0 saturated carbocycles. The van der Waals surface area contributed by atoms with E-state index in [2.05, 4.69) is 38.9 Å². The molecule has 0 bridgehead atoms. The van der Waals surface area contributed by atoms with Gasteiger partial charge in [-0.3, -0.25) is 4.79 Å². The van der Waals surface area contributed by atoms with Crippen LogP contribution in [0.1, 0.15) is 22.3 Å². The highest BCUT2D eigenvalue weighted by atomic mass is 32.1. The fourth-order valence-corrected chi connectivity index (χ4v) is 2.99. The van der Waals surface area contributed by atoms with Crippen molar-refractivity contribution < 1.29 is 4.79 Å². The molecule has 0 saturated heterocycles. The lowest BCUT2D eigenvalue weighted by atomic mass is 10.1. The first-order valence-corrected chi connectivity index (χ1v) is 8.51. The van der Waals surface area contributed by atoms with Gasteiger partial charge in [-0.1, -0.05) is 42.5 Å². The molecule has 24 heavy (non-hydrogen) atoms. The maximum absolute atomic E-state index is 11.3. The summed E-state index contributed by atoms with van der Waals surface area (Å²) in [7, 11) is 0. The molecule has 0 spiro atoms. The third-order valence-corrected chi connectivity index (χ3v) is 4.35. The predicted octanol–water partition coefficient (Wildman–Crippen LogP) is 3.35. The number of aromatic nitrogens is 2. The van der Waals surface area contributed by atoms with Crippen LogP contribution < -0.4 is 11.1 Å². The number of benzene rings is 2. The average Bonchev–Trinajstić information content (AvgIpc) is 3.09. The van der Waals surface area contributed by atoms with Crippen LogP contribution in [-0.4, -0.2) is 21.8 Å². The molecule has 0 unspecified atom stereocenters. The molecule has 0 radical (unpaired) electrons. The minimum atomic E-state index is -0.444. The zero-order valence-electron chi connectivity index (χ0n) is 13.1. The first-order valence-electron chi connectivity index (χ1n) is 7.74. The van der Waals surface area contributed by atoms with Crippen LogP contribution in [0.3, 0.4) is 0 Å². The number of nitrogens with zero attached hydrogens (tertiary/aromatic N) is 2. The van der Waals surface area contributed by atoms with Crippen LogP contribution in [0.4, 0.5) is 5.95 Å². The monoisotopic (exact) mass is 338 g/mol. The SMILES string of the molecule is NC(=O)c1cccc(-c2nc(NCCCc3ccccc3)ns2)c1. The van der Waals surface area contributed by atoms with Crippen LogP contribution in [-0.2, 0) is 6.42 Å². The van der Waals surface area contributed by atoms with Crippen LogP contribution in [0, 0.1) is 0 Å². The van der Waals surface area contributed by atoms with E-state index >= 15 is 0 Å². The van der Waals surface area contributed by atoms with Crippen molar-refractivity contribution in [1.82, 2.24) is 9.36 Å². The van der Waals surface area contributed by atoms with E-state index in [1.807, 2.05) is 12.1 Å². The molecular weight excluding hydrogens is 320 g/mol. The van der Waals surface area contributed by atoms with Gasteiger partial charge in [0.05, 0.1) is 0 Å². The van der Waals surface area contributed by atoms with Crippen molar-refractivity contribution in [2.45, 2.75) is 12.8 Å². The fourth-order valence-electron chi connectivity index (χ4n) is 2.36. The second kappa shape index (κ2) is 7.70. The Kier molecular flexibility index (Phi) is 5.18. The van der Waals surface area contributed by atoms with Crippen LogP contribution in [0.15, 0.2) is 54.6 Å². The average molecular weight is 338 g/mol. The molecule has 1 amide bonds. The molecule has 6 heteroatoms. The Labute approximate surface area is 144 Å². The van der Waals surface area contributed by atoms with Gasteiger partial charge in [-0.15, -0.1) is 0 Å². The van der Waals surface area contributed by atoms with Gasteiger partial charge in [0.25, 0.3) is 0 Å².